The Morgan fingerprint density at radius 1 is 0.983 bits per heavy atom. The van der Waals surface area contributed by atoms with Crippen molar-refractivity contribution in [1.82, 2.24) is 15.5 Å². The predicted molar refractivity (Wildman–Crippen MR) is 220 cm³/mol. The third-order valence-corrected chi connectivity index (χ3v) is 14.4. The Morgan fingerprint density at radius 2 is 1.78 bits per heavy atom. The van der Waals surface area contributed by atoms with Gasteiger partial charge in [0.15, 0.2) is 40.0 Å². The van der Waals surface area contributed by atoms with Gasteiger partial charge in [0.25, 0.3) is 0 Å². The zero-order valence-electron chi connectivity index (χ0n) is 33.4. The second-order valence-corrected chi connectivity index (χ2v) is 17.2. The van der Waals surface area contributed by atoms with Crippen LogP contribution in [0.4, 0.5) is 0 Å². The Balaban J connectivity index is 1.20. The predicted octanol–water partition coefficient (Wildman–Crippen LogP) is 4.76. The summed E-state index contributed by atoms with van der Waals surface area (Å²) < 4.78 is 36.5. The molecule has 15 heteroatoms. The summed E-state index contributed by atoms with van der Waals surface area (Å²) in [5.41, 5.74) is 4.91. The van der Waals surface area contributed by atoms with Crippen LogP contribution in [0.5, 0.6) is 40.2 Å². The van der Waals surface area contributed by atoms with Gasteiger partial charge in [0.2, 0.25) is 6.79 Å². The molecule has 312 valence electrons. The van der Waals surface area contributed by atoms with Crippen molar-refractivity contribution in [2.24, 2.45) is 0 Å². The van der Waals surface area contributed by atoms with Gasteiger partial charge in [-0.25, -0.2) is 9.59 Å². The third kappa shape index (κ3) is 5.77. The fraction of sp³-hybridized carbons (Fsp3) is 0.378. The number of thioether (sulfide) groups is 1. The number of aliphatic hydroxyl groups is 1. The SMILES string of the molecule is COc1cc2c(cc1O)CCN[C@]21CS[C@@H]2c3c(OC(=O)C=Cc4ccccc4)c(C)c4c(c3[C@H](COC1=O)N1C2[C@@H]2N[C@H](Cc3cc(C)c(OC)c(O)c32)[C@@H]1O)OCO4. The molecule has 7 aliphatic rings. The van der Waals surface area contributed by atoms with E-state index in [4.69, 9.17) is 28.4 Å². The summed E-state index contributed by atoms with van der Waals surface area (Å²) in [4.78, 5) is 30.7. The van der Waals surface area contributed by atoms with Gasteiger partial charge in [-0.15, -0.1) is 11.8 Å². The molecule has 0 aliphatic carbocycles. The first-order chi connectivity index (χ1) is 29.0. The molecular weight excluding hydrogens is 791 g/mol. The van der Waals surface area contributed by atoms with Gasteiger partial charge in [0.1, 0.15) is 18.6 Å². The van der Waals surface area contributed by atoms with Crippen molar-refractivity contribution in [3.8, 4) is 40.2 Å². The summed E-state index contributed by atoms with van der Waals surface area (Å²) >= 11 is 1.44. The number of aromatic hydroxyl groups is 2. The highest BCUT2D eigenvalue weighted by atomic mass is 32.2. The molecule has 14 nitrogen and oxygen atoms in total. The number of carbonyl (C=O) groups excluding carboxylic acids is 2. The van der Waals surface area contributed by atoms with Crippen molar-refractivity contribution >= 4 is 29.8 Å². The lowest BCUT2D eigenvalue weighted by Crippen LogP contribution is -2.69. The van der Waals surface area contributed by atoms with Crippen LogP contribution in [-0.4, -0.2) is 90.4 Å². The number of rotatable bonds is 5. The summed E-state index contributed by atoms with van der Waals surface area (Å²) in [5, 5.41) is 41.9. The maximum atomic E-state index is 14.8. The number of benzene rings is 4. The Morgan fingerprint density at radius 3 is 2.57 bits per heavy atom. The van der Waals surface area contributed by atoms with Crippen LogP contribution < -0.4 is 34.3 Å². The number of fused-ring (bicyclic) bond motifs is 9. The molecule has 4 aromatic carbocycles. The molecule has 7 aliphatic heterocycles. The minimum atomic E-state index is -1.39. The minimum Gasteiger partial charge on any atom is -0.504 e. The van der Waals surface area contributed by atoms with Gasteiger partial charge >= 0.3 is 11.9 Å². The number of esters is 2. The van der Waals surface area contributed by atoms with Crippen molar-refractivity contribution in [3.63, 3.8) is 0 Å². The number of hydrogen-bond acceptors (Lipinski definition) is 15. The van der Waals surface area contributed by atoms with Crippen molar-refractivity contribution < 1.29 is 53.3 Å². The van der Waals surface area contributed by atoms with Crippen LogP contribution in [-0.2, 0) is 32.7 Å². The van der Waals surface area contributed by atoms with Gasteiger partial charge in [-0.1, -0.05) is 36.4 Å². The highest BCUT2D eigenvalue weighted by molar-refractivity contribution is 7.99. The molecule has 2 saturated heterocycles. The van der Waals surface area contributed by atoms with Gasteiger partial charge in [-0.3, -0.25) is 10.2 Å². The number of nitrogens with zero attached hydrogens (tertiary/aromatic N) is 1. The Bertz CT molecular complexity index is 2480. The number of carbonyl (C=O) groups is 2. The molecule has 1 unspecified atom stereocenters. The Kier molecular flexibility index (Phi) is 9.44. The van der Waals surface area contributed by atoms with Crippen LogP contribution in [0.3, 0.4) is 0 Å². The normalized spacial score (nSPS) is 27.4. The Hall–Kier alpha value is -5.45. The number of ether oxygens (including phenoxy) is 6. The van der Waals surface area contributed by atoms with Crippen molar-refractivity contribution in [2.75, 3.05) is 39.9 Å². The Labute approximate surface area is 350 Å². The molecule has 7 atom stereocenters. The zero-order valence-corrected chi connectivity index (χ0v) is 34.3. The third-order valence-electron chi connectivity index (χ3n) is 12.9. The largest absolute Gasteiger partial charge is 0.504 e. The summed E-state index contributed by atoms with van der Waals surface area (Å²) in [6.45, 7) is 3.82. The van der Waals surface area contributed by atoms with Crippen molar-refractivity contribution in [3.05, 3.63) is 105 Å². The molecule has 2 fully saturated rings. The number of methoxy groups -OCH3 is 2. The van der Waals surface area contributed by atoms with Crippen LogP contribution in [0.2, 0.25) is 0 Å². The molecule has 4 aromatic rings. The standard InChI is InChI=1S/C45H45N3O11S/c1-21-14-25-15-27-43(52)48-28-18-56-44(53)45(26-17-30(54-3)29(49)16-24(26)12-13-46-45)19-60-42(36(48)35(47-27)32(25)37(51)38(21)55-4)34-33(28)41-40(57-20-58-41)22(2)39(34)59-31(50)11-10-23-8-6-5-7-9-23/h5-11,14,16-17,27-28,35-36,42-43,46-47,49,51-52H,12-13,15,18-20H2,1-4H3/t27-,28+,35-,36?,42-,43+,45-/m1/s1. The quantitative estimate of drug-likeness (QED) is 0.106. The molecular formula is C45H45N3O11S. The maximum absolute atomic E-state index is 14.8. The van der Waals surface area contributed by atoms with E-state index in [1.165, 1.54) is 32.1 Å². The topological polar surface area (TPSA) is 178 Å². The number of nitrogens with one attached hydrogen (secondary N) is 2. The molecule has 0 radical (unpaired) electrons. The number of phenols is 2. The zero-order chi connectivity index (χ0) is 41.6. The van der Waals surface area contributed by atoms with Crippen molar-refractivity contribution in [1.29, 1.82) is 0 Å². The van der Waals surface area contributed by atoms with E-state index in [9.17, 15) is 24.9 Å². The highest BCUT2D eigenvalue weighted by Crippen LogP contribution is 2.63. The lowest BCUT2D eigenvalue weighted by Gasteiger charge is -2.59. The van der Waals surface area contributed by atoms with Gasteiger partial charge in [-0.2, -0.15) is 0 Å². The first kappa shape index (κ1) is 38.7. The lowest BCUT2D eigenvalue weighted by molar-refractivity contribution is -0.164. The average Bonchev–Trinajstić information content (AvgIpc) is 3.74. The molecule has 4 bridgehead atoms. The average molecular weight is 836 g/mol. The molecule has 0 aromatic heterocycles. The smallest absolute Gasteiger partial charge is 0.336 e. The fourth-order valence-electron chi connectivity index (χ4n) is 10.3. The van der Waals surface area contributed by atoms with Gasteiger partial charge < -0.3 is 49.1 Å². The molecule has 1 spiro atoms. The molecule has 5 N–H and O–H groups in total. The monoisotopic (exact) mass is 835 g/mol. The summed E-state index contributed by atoms with van der Waals surface area (Å²) in [6, 6.07) is 12.3. The summed E-state index contributed by atoms with van der Waals surface area (Å²) in [6.07, 6.45) is 2.94. The molecule has 11 rings (SSSR count). The number of piperazine rings is 1. The number of phenolic OH excluding ortho intramolecular Hbond substituents is 2. The summed E-state index contributed by atoms with van der Waals surface area (Å²) in [5.74, 6) is 0.640. The van der Waals surface area contributed by atoms with E-state index in [2.05, 4.69) is 10.6 Å². The van der Waals surface area contributed by atoms with E-state index in [0.717, 1.165) is 22.3 Å². The maximum Gasteiger partial charge on any atom is 0.336 e. The number of aryl methyl sites for hydroxylation is 1. The second-order valence-electron chi connectivity index (χ2n) is 16.1. The molecule has 0 amide bonds. The van der Waals surface area contributed by atoms with E-state index in [0.29, 0.717) is 64.5 Å². The molecule has 60 heavy (non-hydrogen) atoms. The van der Waals surface area contributed by atoms with Crippen LogP contribution >= 0.6 is 11.8 Å². The van der Waals surface area contributed by atoms with E-state index in [-0.39, 0.29) is 42.2 Å². The first-order valence-corrected chi connectivity index (χ1v) is 21.1. The summed E-state index contributed by atoms with van der Waals surface area (Å²) in [7, 11) is 2.99. The minimum absolute atomic E-state index is 0.00947. The number of hydrogen-bond donors (Lipinski definition) is 5. The van der Waals surface area contributed by atoms with Crippen LogP contribution in [0.15, 0.2) is 54.6 Å². The van der Waals surface area contributed by atoms with Crippen LogP contribution in [0.25, 0.3) is 6.08 Å². The van der Waals surface area contributed by atoms with Gasteiger partial charge in [0.05, 0.1) is 37.6 Å². The van der Waals surface area contributed by atoms with Crippen LogP contribution in [0.1, 0.15) is 67.4 Å². The molecule has 7 heterocycles. The fourth-order valence-corrected chi connectivity index (χ4v) is 12.0. The van der Waals surface area contributed by atoms with E-state index < -0.39 is 53.1 Å². The van der Waals surface area contributed by atoms with Crippen molar-refractivity contribution in [2.45, 2.75) is 67.9 Å². The van der Waals surface area contributed by atoms with E-state index in [1.807, 2.05) is 55.1 Å². The van der Waals surface area contributed by atoms with Gasteiger partial charge in [0, 0.05) is 46.7 Å². The van der Waals surface area contributed by atoms with Gasteiger partial charge in [-0.05, 0) is 72.7 Å². The first-order valence-electron chi connectivity index (χ1n) is 20.0. The molecule has 0 saturated carbocycles. The lowest BCUT2D eigenvalue weighted by atomic mass is 9.74. The number of aliphatic hydroxyl groups excluding tert-OH is 1. The van der Waals surface area contributed by atoms with E-state index >= 15 is 0 Å². The highest BCUT2D eigenvalue weighted by Gasteiger charge is 2.60. The second kappa shape index (κ2) is 14.6. The van der Waals surface area contributed by atoms with E-state index in [1.54, 1.807) is 18.2 Å². The van der Waals surface area contributed by atoms with Crippen LogP contribution in [0, 0.1) is 13.8 Å².